The molecule has 0 radical (unpaired) electrons. The monoisotopic (exact) mass is 340 g/mol. The number of oxazole rings is 1. The number of aromatic nitrogens is 1. The molecule has 6 nitrogen and oxygen atoms in total. The molecule has 2 amide bonds. The van der Waals surface area contributed by atoms with Gasteiger partial charge in [0.25, 0.3) is 0 Å². The number of anilines is 1. The molecule has 4 rings (SSSR count). The molecule has 6 heteroatoms. The van der Waals surface area contributed by atoms with Crippen LogP contribution in [0.25, 0.3) is 0 Å². The number of fused-ring (bicyclic) bond motifs is 1. The number of carbonyl (C=O) groups is 1. The number of nitrogens with zero attached hydrogens (tertiary/aromatic N) is 3. The molecule has 132 valence electrons. The average molecular weight is 340 g/mol. The van der Waals surface area contributed by atoms with Gasteiger partial charge in [-0.05, 0) is 37.8 Å². The van der Waals surface area contributed by atoms with Crippen LogP contribution in [0.15, 0.2) is 35.1 Å². The van der Waals surface area contributed by atoms with Crippen LogP contribution in [-0.4, -0.2) is 41.6 Å². The number of aryl methyl sites for hydroxylation is 1. The lowest BCUT2D eigenvalue weighted by atomic mass is 10.0. The van der Waals surface area contributed by atoms with Crippen molar-refractivity contribution in [1.29, 1.82) is 0 Å². The number of hydrogen-bond donors (Lipinski definition) is 1. The number of para-hydroxylation sites is 1. The molecule has 0 spiro atoms. The Labute approximate surface area is 147 Å². The lowest BCUT2D eigenvalue weighted by molar-refractivity contribution is 0.180. The van der Waals surface area contributed by atoms with Crippen LogP contribution in [0.5, 0.6) is 0 Å². The summed E-state index contributed by atoms with van der Waals surface area (Å²) in [5, 5.41) is 2.95. The van der Waals surface area contributed by atoms with E-state index in [1.165, 1.54) is 17.6 Å². The molecule has 1 aromatic carbocycles. The summed E-state index contributed by atoms with van der Waals surface area (Å²) in [6.45, 7) is 4.97. The van der Waals surface area contributed by atoms with Crippen molar-refractivity contribution in [1.82, 2.24) is 15.2 Å². The summed E-state index contributed by atoms with van der Waals surface area (Å²) in [7, 11) is 0. The van der Waals surface area contributed by atoms with Gasteiger partial charge < -0.3 is 19.5 Å². The zero-order valence-electron chi connectivity index (χ0n) is 14.6. The number of rotatable bonds is 3. The number of likely N-dealkylation sites (tertiary alicyclic amines) is 1. The van der Waals surface area contributed by atoms with Crippen molar-refractivity contribution in [2.45, 2.75) is 38.8 Å². The number of amides is 2. The smallest absolute Gasteiger partial charge is 0.317 e. The van der Waals surface area contributed by atoms with Gasteiger partial charge in [0.15, 0.2) is 6.39 Å². The highest BCUT2D eigenvalue weighted by Crippen LogP contribution is 2.32. The molecule has 0 atom stereocenters. The van der Waals surface area contributed by atoms with Gasteiger partial charge in [0.1, 0.15) is 11.5 Å². The minimum absolute atomic E-state index is 0.0114. The molecule has 1 N–H and O–H groups in total. The van der Waals surface area contributed by atoms with E-state index in [1.54, 1.807) is 0 Å². The Balaban J connectivity index is 1.30. The summed E-state index contributed by atoms with van der Waals surface area (Å²) in [6, 6.07) is 9.20. The van der Waals surface area contributed by atoms with Crippen molar-refractivity contribution in [3.63, 3.8) is 0 Å². The van der Waals surface area contributed by atoms with Crippen LogP contribution in [0.1, 0.15) is 29.9 Å². The van der Waals surface area contributed by atoms with Gasteiger partial charge in [-0.25, -0.2) is 9.78 Å². The van der Waals surface area contributed by atoms with E-state index in [9.17, 15) is 4.79 Å². The van der Waals surface area contributed by atoms with E-state index in [0.717, 1.165) is 50.4 Å². The van der Waals surface area contributed by atoms with E-state index in [0.29, 0.717) is 12.6 Å². The summed E-state index contributed by atoms with van der Waals surface area (Å²) < 4.78 is 5.16. The molecule has 0 saturated carbocycles. The number of nitrogens with one attached hydrogen (secondary N) is 1. The van der Waals surface area contributed by atoms with Crippen LogP contribution < -0.4 is 10.2 Å². The van der Waals surface area contributed by atoms with Gasteiger partial charge in [-0.15, -0.1) is 0 Å². The molecule has 0 aliphatic carbocycles. The Bertz CT molecular complexity index is 749. The molecule has 2 aliphatic heterocycles. The zero-order valence-corrected chi connectivity index (χ0v) is 14.6. The molecule has 3 heterocycles. The number of benzene rings is 1. The molecular weight excluding hydrogens is 316 g/mol. The first-order chi connectivity index (χ1) is 12.2. The lowest BCUT2D eigenvalue weighted by Crippen LogP contribution is -2.49. The fraction of sp³-hybridized carbons (Fsp3) is 0.474. The van der Waals surface area contributed by atoms with E-state index in [1.807, 2.05) is 11.8 Å². The van der Waals surface area contributed by atoms with Crippen LogP contribution in [0.3, 0.4) is 0 Å². The van der Waals surface area contributed by atoms with Gasteiger partial charge in [0.05, 0.1) is 6.54 Å². The first-order valence-corrected chi connectivity index (χ1v) is 8.98. The van der Waals surface area contributed by atoms with Gasteiger partial charge in [-0.3, -0.25) is 0 Å². The Hall–Kier alpha value is -2.50. The molecule has 2 aromatic rings. The SMILES string of the molecule is Cc1ocnc1CNC(=O)N1CCC(N2CCc3ccccc32)CC1. The highest BCUT2D eigenvalue weighted by Gasteiger charge is 2.30. The summed E-state index contributed by atoms with van der Waals surface area (Å²) in [5.74, 6) is 0.756. The van der Waals surface area contributed by atoms with Gasteiger partial charge in [0, 0.05) is 31.4 Å². The van der Waals surface area contributed by atoms with Gasteiger partial charge in [-0.1, -0.05) is 18.2 Å². The maximum atomic E-state index is 12.4. The van der Waals surface area contributed by atoms with Crippen LogP contribution in [0.2, 0.25) is 0 Å². The van der Waals surface area contributed by atoms with Gasteiger partial charge in [0.2, 0.25) is 0 Å². The average Bonchev–Trinajstić information content (AvgIpc) is 3.26. The number of piperidine rings is 1. The molecule has 0 bridgehead atoms. The summed E-state index contributed by atoms with van der Waals surface area (Å²) >= 11 is 0. The number of carbonyl (C=O) groups excluding carboxylic acids is 1. The number of urea groups is 1. The maximum Gasteiger partial charge on any atom is 0.317 e. The Morgan fingerprint density at radius 2 is 2.08 bits per heavy atom. The van der Waals surface area contributed by atoms with Crippen LogP contribution >= 0.6 is 0 Å². The van der Waals surface area contributed by atoms with Gasteiger partial charge >= 0.3 is 6.03 Å². The van der Waals surface area contributed by atoms with Crippen molar-refractivity contribution in [3.8, 4) is 0 Å². The fourth-order valence-electron chi connectivity index (χ4n) is 3.89. The third-order valence-electron chi connectivity index (χ3n) is 5.37. The second kappa shape index (κ2) is 6.78. The van der Waals surface area contributed by atoms with Gasteiger partial charge in [-0.2, -0.15) is 0 Å². The van der Waals surface area contributed by atoms with Crippen molar-refractivity contribution < 1.29 is 9.21 Å². The Morgan fingerprint density at radius 3 is 2.84 bits per heavy atom. The molecule has 1 fully saturated rings. The Kier molecular flexibility index (Phi) is 4.34. The first-order valence-electron chi connectivity index (χ1n) is 8.98. The fourth-order valence-corrected chi connectivity index (χ4v) is 3.89. The normalized spacial score (nSPS) is 17.6. The lowest BCUT2D eigenvalue weighted by Gasteiger charge is -2.38. The highest BCUT2D eigenvalue weighted by molar-refractivity contribution is 5.74. The molecule has 2 aliphatic rings. The first kappa shape index (κ1) is 16.0. The molecule has 0 unspecified atom stereocenters. The topological polar surface area (TPSA) is 61.6 Å². The molecule has 1 aromatic heterocycles. The van der Waals surface area contributed by atoms with Crippen LogP contribution in [-0.2, 0) is 13.0 Å². The van der Waals surface area contributed by atoms with Crippen molar-refractivity contribution in [3.05, 3.63) is 47.7 Å². The maximum absolute atomic E-state index is 12.4. The predicted molar refractivity (Wildman–Crippen MR) is 95.6 cm³/mol. The van der Waals surface area contributed by atoms with E-state index >= 15 is 0 Å². The summed E-state index contributed by atoms with van der Waals surface area (Å²) in [6.07, 6.45) is 4.58. The number of hydrogen-bond acceptors (Lipinski definition) is 4. The summed E-state index contributed by atoms with van der Waals surface area (Å²) in [5.41, 5.74) is 3.62. The second-order valence-electron chi connectivity index (χ2n) is 6.80. The molecule has 1 saturated heterocycles. The van der Waals surface area contributed by atoms with E-state index < -0.39 is 0 Å². The third kappa shape index (κ3) is 3.21. The van der Waals surface area contributed by atoms with Crippen LogP contribution in [0, 0.1) is 6.92 Å². The molecule has 25 heavy (non-hydrogen) atoms. The predicted octanol–water partition coefficient (Wildman–Crippen LogP) is 2.72. The van der Waals surface area contributed by atoms with Crippen molar-refractivity contribution in [2.24, 2.45) is 0 Å². The van der Waals surface area contributed by atoms with Crippen LogP contribution in [0.4, 0.5) is 10.5 Å². The largest absolute Gasteiger partial charge is 0.448 e. The van der Waals surface area contributed by atoms with Crippen molar-refractivity contribution >= 4 is 11.7 Å². The zero-order chi connectivity index (χ0) is 17.2. The minimum Gasteiger partial charge on any atom is -0.448 e. The summed E-state index contributed by atoms with van der Waals surface area (Å²) in [4.78, 5) is 20.9. The third-order valence-corrected chi connectivity index (χ3v) is 5.37. The molecular formula is C19H24N4O2. The minimum atomic E-state index is -0.0114. The van der Waals surface area contributed by atoms with E-state index in [-0.39, 0.29) is 6.03 Å². The Morgan fingerprint density at radius 1 is 1.28 bits per heavy atom. The second-order valence-corrected chi connectivity index (χ2v) is 6.80. The quantitative estimate of drug-likeness (QED) is 0.933. The van der Waals surface area contributed by atoms with Crippen molar-refractivity contribution in [2.75, 3.05) is 24.5 Å². The standard InChI is InChI=1S/C19H24N4O2/c1-14-17(21-13-25-14)12-20-19(24)22-9-7-16(8-10-22)23-11-6-15-4-2-3-5-18(15)23/h2-5,13,16H,6-12H2,1H3,(H,20,24). The van der Waals surface area contributed by atoms with E-state index in [4.69, 9.17) is 4.42 Å². The highest BCUT2D eigenvalue weighted by atomic mass is 16.3. The van der Waals surface area contributed by atoms with E-state index in [2.05, 4.69) is 39.5 Å².